The van der Waals surface area contributed by atoms with Crippen molar-refractivity contribution in [3.8, 4) is 0 Å². The number of hydrogen-bond acceptors (Lipinski definition) is 1. The van der Waals surface area contributed by atoms with Gasteiger partial charge in [-0.25, -0.2) is 0 Å². The smallest absolute Gasteiger partial charge is 0.222 e. The summed E-state index contributed by atoms with van der Waals surface area (Å²) in [5, 5.41) is -0.214. The van der Waals surface area contributed by atoms with Gasteiger partial charge in [-0.2, -0.15) is 0 Å². The molecule has 1 aliphatic carbocycles. The number of halogens is 1. The first kappa shape index (κ1) is 13.0. The Balaban J connectivity index is 3.16. The standard InChI is InChI=1S/C13H23ClO/c1-10(2)11(3,4)13(7,8-9(14)15)12(10,5)6/h8H2,1-7H3. The molecule has 88 valence electrons. The Hall–Kier alpha value is -0.0400. The Morgan fingerprint density at radius 3 is 1.47 bits per heavy atom. The predicted molar refractivity (Wildman–Crippen MR) is 64.9 cm³/mol. The summed E-state index contributed by atoms with van der Waals surface area (Å²) < 4.78 is 0. The van der Waals surface area contributed by atoms with Crippen molar-refractivity contribution < 1.29 is 4.79 Å². The van der Waals surface area contributed by atoms with Crippen LogP contribution >= 0.6 is 11.6 Å². The first-order valence-corrected chi connectivity index (χ1v) is 5.98. The van der Waals surface area contributed by atoms with Gasteiger partial charge in [0, 0.05) is 6.42 Å². The van der Waals surface area contributed by atoms with Crippen LogP contribution in [0.3, 0.4) is 0 Å². The first-order valence-electron chi connectivity index (χ1n) is 5.60. The van der Waals surface area contributed by atoms with Crippen molar-refractivity contribution in [1.82, 2.24) is 0 Å². The zero-order chi connectivity index (χ0) is 12.3. The summed E-state index contributed by atoms with van der Waals surface area (Å²) >= 11 is 5.58. The highest BCUT2D eigenvalue weighted by Gasteiger charge is 2.73. The maximum absolute atomic E-state index is 11.2. The molecule has 0 N–H and O–H groups in total. The summed E-state index contributed by atoms with van der Waals surface area (Å²) in [5.74, 6) is 0. The van der Waals surface area contributed by atoms with Gasteiger partial charge in [-0.15, -0.1) is 0 Å². The van der Waals surface area contributed by atoms with E-state index in [4.69, 9.17) is 11.6 Å². The molecule has 0 amide bonds. The average molecular weight is 231 g/mol. The van der Waals surface area contributed by atoms with Crippen LogP contribution in [-0.2, 0) is 4.79 Å². The zero-order valence-corrected chi connectivity index (χ0v) is 11.7. The van der Waals surface area contributed by atoms with Gasteiger partial charge in [0.15, 0.2) is 0 Å². The van der Waals surface area contributed by atoms with Crippen molar-refractivity contribution in [3.63, 3.8) is 0 Å². The van der Waals surface area contributed by atoms with E-state index < -0.39 is 0 Å². The first-order chi connectivity index (χ1) is 6.42. The Labute approximate surface area is 98.6 Å². The highest BCUT2D eigenvalue weighted by Crippen LogP contribution is 2.78. The van der Waals surface area contributed by atoms with Crippen LogP contribution in [0.15, 0.2) is 0 Å². The maximum Gasteiger partial charge on any atom is 0.222 e. The summed E-state index contributed by atoms with van der Waals surface area (Å²) in [6.45, 7) is 15.8. The van der Waals surface area contributed by atoms with Gasteiger partial charge >= 0.3 is 0 Å². The molecule has 1 nitrogen and oxygen atoms in total. The molecule has 1 rings (SSSR count). The number of carbonyl (C=O) groups is 1. The van der Waals surface area contributed by atoms with E-state index in [1.807, 2.05) is 0 Å². The maximum atomic E-state index is 11.2. The highest BCUT2D eigenvalue weighted by atomic mass is 35.5. The van der Waals surface area contributed by atoms with Crippen molar-refractivity contribution in [2.24, 2.45) is 21.7 Å². The molecular weight excluding hydrogens is 208 g/mol. The van der Waals surface area contributed by atoms with Gasteiger partial charge in [-0.05, 0) is 33.3 Å². The van der Waals surface area contributed by atoms with Gasteiger partial charge in [-0.3, -0.25) is 4.79 Å². The molecule has 0 heterocycles. The number of rotatable bonds is 2. The molecule has 0 bridgehead atoms. The molecule has 0 aromatic carbocycles. The van der Waals surface area contributed by atoms with Gasteiger partial charge in [0.2, 0.25) is 5.24 Å². The third-order valence-corrected chi connectivity index (χ3v) is 6.51. The van der Waals surface area contributed by atoms with Crippen molar-refractivity contribution in [1.29, 1.82) is 0 Å². The molecule has 0 aromatic rings. The van der Waals surface area contributed by atoms with E-state index in [-0.39, 0.29) is 26.9 Å². The lowest BCUT2D eigenvalue weighted by molar-refractivity contribution is -0.291. The fourth-order valence-corrected chi connectivity index (χ4v) is 3.87. The molecule has 1 aliphatic rings. The van der Waals surface area contributed by atoms with E-state index in [0.717, 1.165) is 0 Å². The van der Waals surface area contributed by atoms with Crippen molar-refractivity contribution in [3.05, 3.63) is 0 Å². The van der Waals surface area contributed by atoms with E-state index in [9.17, 15) is 4.79 Å². The summed E-state index contributed by atoms with van der Waals surface area (Å²) in [5.41, 5.74) is 0.478. The van der Waals surface area contributed by atoms with Gasteiger partial charge in [0.1, 0.15) is 0 Å². The molecule has 1 fully saturated rings. The van der Waals surface area contributed by atoms with Crippen molar-refractivity contribution in [2.45, 2.75) is 54.9 Å². The van der Waals surface area contributed by atoms with E-state index in [0.29, 0.717) is 6.42 Å². The fourth-order valence-electron chi connectivity index (χ4n) is 3.60. The fraction of sp³-hybridized carbons (Fsp3) is 0.923. The largest absolute Gasteiger partial charge is 0.281 e. The van der Waals surface area contributed by atoms with Gasteiger partial charge < -0.3 is 0 Å². The lowest BCUT2D eigenvalue weighted by Crippen LogP contribution is -2.72. The van der Waals surface area contributed by atoms with E-state index in [2.05, 4.69) is 48.5 Å². The van der Waals surface area contributed by atoms with E-state index >= 15 is 0 Å². The summed E-state index contributed by atoms with van der Waals surface area (Å²) in [6.07, 6.45) is 0.470. The van der Waals surface area contributed by atoms with Crippen LogP contribution in [0.1, 0.15) is 54.9 Å². The van der Waals surface area contributed by atoms with Crippen LogP contribution in [0.4, 0.5) is 0 Å². The highest BCUT2D eigenvalue weighted by molar-refractivity contribution is 6.63. The summed E-state index contributed by atoms with van der Waals surface area (Å²) in [7, 11) is 0. The molecule has 0 unspecified atom stereocenters. The third kappa shape index (κ3) is 1.19. The third-order valence-electron chi connectivity index (χ3n) is 6.38. The molecule has 0 spiro atoms. The van der Waals surface area contributed by atoms with E-state index in [1.165, 1.54) is 0 Å². The summed E-state index contributed by atoms with van der Waals surface area (Å²) in [4.78, 5) is 11.2. The van der Waals surface area contributed by atoms with Gasteiger partial charge in [-0.1, -0.05) is 48.5 Å². The topological polar surface area (TPSA) is 17.1 Å². The van der Waals surface area contributed by atoms with Gasteiger partial charge in [0.25, 0.3) is 0 Å². The second-order valence-corrected chi connectivity index (χ2v) is 7.16. The van der Waals surface area contributed by atoms with E-state index in [1.54, 1.807) is 0 Å². The zero-order valence-electron chi connectivity index (χ0n) is 11.0. The normalized spacial score (nSPS) is 29.3. The molecule has 2 heteroatoms. The molecule has 0 saturated heterocycles. The molecule has 0 aliphatic heterocycles. The van der Waals surface area contributed by atoms with Crippen molar-refractivity contribution >= 4 is 16.8 Å². The molecule has 0 atom stereocenters. The van der Waals surface area contributed by atoms with Crippen LogP contribution in [0, 0.1) is 21.7 Å². The monoisotopic (exact) mass is 230 g/mol. The van der Waals surface area contributed by atoms with Gasteiger partial charge in [0.05, 0.1) is 0 Å². The quantitative estimate of drug-likeness (QED) is 0.649. The Bertz CT molecular complexity index is 282. The van der Waals surface area contributed by atoms with Crippen LogP contribution < -0.4 is 0 Å². The summed E-state index contributed by atoms with van der Waals surface area (Å²) in [6, 6.07) is 0. The second kappa shape index (κ2) is 3.00. The number of carbonyl (C=O) groups excluding carboxylic acids is 1. The SMILES string of the molecule is CC1(C)C(C)(C)C(C)(CC(=O)Cl)C1(C)C. The Kier molecular flexibility index (Phi) is 2.60. The Morgan fingerprint density at radius 1 is 0.867 bits per heavy atom. The number of hydrogen-bond donors (Lipinski definition) is 0. The molecule has 1 saturated carbocycles. The van der Waals surface area contributed by atoms with Crippen LogP contribution in [-0.4, -0.2) is 5.24 Å². The molecule has 15 heavy (non-hydrogen) atoms. The molecular formula is C13H23ClO. The van der Waals surface area contributed by atoms with Crippen molar-refractivity contribution in [2.75, 3.05) is 0 Å². The average Bonchev–Trinajstić information content (AvgIpc) is 2.00. The molecule has 0 radical (unpaired) electrons. The Morgan fingerprint density at radius 2 is 1.20 bits per heavy atom. The van der Waals surface area contributed by atoms with Crippen LogP contribution in [0.2, 0.25) is 0 Å². The lowest BCUT2D eigenvalue weighted by Gasteiger charge is -2.77. The minimum Gasteiger partial charge on any atom is -0.281 e. The molecule has 0 aromatic heterocycles. The van der Waals surface area contributed by atoms with Crippen LogP contribution in [0.25, 0.3) is 0 Å². The second-order valence-electron chi connectivity index (χ2n) is 6.74. The van der Waals surface area contributed by atoms with Crippen LogP contribution in [0.5, 0.6) is 0 Å². The minimum atomic E-state index is -0.214. The minimum absolute atomic E-state index is 0.0116. The predicted octanol–water partition coefficient (Wildman–Crippen LogP) is 4.24. The lowest BCUT2D eigenvalue weighted by atomic mass is 9.27.